The minimum Gasteiger partial charge on any atom is -0.436 e. The first kappa shape index (κ1) is 15.0. The molecule has 0 saturated heterocycles. The Hall–Kier alpha value is -2.05. The molecule has 106 valence electrons. The first-order valence-corrected chi connectivity index (χ1v) is 6.11. The predicted molar refractivity (Wildman–Crippen MR) is 70.1 cm³/mol. The van der Waals surface area contributed by atoms with Crippen molar-refractivity contribution in [2.45, 2.75) is 27.7 Å². The molecule has 3 N–H and O–H groups in total. The zero-order valence-electron chi connectivity index (χ0n) is 11.7. The SMILES string of the molecule is CCN(CC(C)C(N)=NO)C(=O)c1oc(C)nc1C. The number of hydrogen-bond acceptors (Lipinski definition) is 5. The largest absolute Gasteiger partial charge is 0.436 e. The van der Waals surface area contributed by atoms with E-state index in [0.717, 1.165) is 0 Å². The summed E-state index contributed by atoms with van der Waals surface area (Å²) in [5.74, 6) is 0.320. The van der Waals surface area contributed by atoms with Crippen LogP contribution in [0.25, 0.3) is 0 Å². The molecule has 0 radical (unpaired) electrons. The molecule has 0 fully saturated rings. The second kappa shape index (κ2) is 6.21. The molecular formula is C12H20N4O3. The van der Waals surface area contributed by atoms with E-state index in [2.05, 4.69) is 10.1 Å². The molecule has 7 heteroatoms. The minimum absolute atomic E-state index is 0.0942. The summed E-state index contributed by atoms with van der Waals surface area (Å²) in [6, 6.07) is 0. The Morgan fingerprint density at radius 1 is 1.58 bits per heavy atom. The van der Waals surface area contributed by atoms with Gasteiger partial charge in [0.15, 0.2) is 5.89 Å². The lowest BCUT2D eigenvalue weighted by atomic mass is 10.1. The number of amides is 1. The molecule has 0 bridgehead atoms. The summed E-state index contributed by atoms with van der Waals surface area (Å²) in [5.41, 5.74) is 6.09. The molecule has 1 heterocycles. The van der Waals surface area contributed by atoms with Crippen molar-refractivity contribution in [2.75, 3.05) is 13.1 Å². The van der Waals surface area contributed by atoms with Gasteiger partial charge in [0.2, 0.25) is 5.76 Å². The number of oxime groups is 1. The van der Waals surface area contributed by atoms with Gasteiger partial charge < -0.3 is 20.3 Å². The Morgan fingerprint density at radius 3 is 2.63 bits per heavy atom. The van der Waals surface area contributed by atoms with E-state index in [1.54, 1.807) is 25.7 Å². The van der Waals surface area contributed by atoms with Crippen LogP contribution in [0.2, 0.25) is 0 Å². The second-order valence-electron chi connectivity index (χ2n) is 4.42. The van der Waals surface area contributed by atoms with Gasteiger partial charge in [0.25, 0.3) is 5.91 Å². The van der Waals surface area contributed by atoms with Gasteiger partial charge in [0, 0.05) is 25.9 Å². The van der Waals surface area contributed by atoms with Crippen LogP contribution in [-0.4, -0.2) is 39.9 Å². The van der Waals surface area contributed by atoms with Gasteiger partial charge >= 0.3 is 0 Å². The maximum absolute atomic E-state index is 12.3. The van der Waals surface area contributed by atoms with Crippen molar-refractivity contribution < 1.29 is 14.4 Å². The molecule has 1 unspecified atom stereocenters. The normalized spacial score (nSPS) is 13.4. The third kappa shape index (κ3) is 3.46. The van der Waals surface area contributed by atoms with Crippen molar-refractivity contribution in [3.63, 3.8) is 0 Å². The third-order valence-electron chi connectivity index (χ3n) is 2.88. The first-order chi connectivity index (χ1) is 8.90. The fourth-order valence-corrected chi connectivity index (χ4v) is 1.75. The van der Waals surface area contributed by atoms with Crippen molar-refractivity contribution in [1.29, 1.82) is 0 Å². The summed E-state index contributed by atoms with van der Waals surface area (Å²) in [6.45, 7) is 7.91. The summed E-state index contributed by atoms with van der Waals surface area (Å²) in [7, 11) is 0. The highest BCUT2D eigenvalue weighted by atomic mass is 16.4. The molecule has 19 heavy (non-hydrogen) atoms. The Bertz CT molecular complexity index is 481. The van der Waals surface area contributed by atoms with Crippen LogP contribution < -0.4 is 5.73 Å². The number of nitrogens with two attached hydrogens (primary N) is 1. The molecule has 7 nitrogen and oxygen atoms in total. The van der Waals surface area contributed by atoms with Crippen LogP contribution in [0, 0.1) is 19.8 Å². The molecule has 1 amide bonds. The Labute approximate surface area is 112 Å². The average Bonchev–Trinajstić information content (AvgIpc) is 2.72. The second-order valence-corrected chi connectivity index (χ2v) is 4.42. The van der Waals surface area contributed by atoms with Crippen molar-refractivity contribution >= 4 is 11.7 Å². The highest BCUT2D eigenvalue weighted by molar-refractivity contribution is 5.93. The molecule has 0 aliphatic rings. The third-order valence-corrected chi connectivity index (χ3v) is 2.88. The number of carbonyl (C=O) groups excluding carboxylic acids is 1. The molecule has 1 atom stereocenters. The van der Waals surface area contributed by atoms with Gasteiger partial charge in [-0.2, -0.15) is 0 Å². The summed E-state index contributed by atoms with van der Waals surface area (Å²) < 4.78 is 5.31. The number of nitrogens with zero attached hydrogens (tertiary/aromatic N) is 3. The molecule has 0 aliphatic heterocycles. The highest BCUT2D eigenvalue weighted by Gasteiger charge is 2.23. The van der Waals surface area contributed by atoms with E-state index in [1.807, 2.05) is 6.92 Å². The lowest BCUT2D eigenvalue weighted by Gasteiger charge is -2.23. The molecule has 0 aromatic carbocycles. The summed E-state index contributed by atoms with van der Waals surface area (Å²) in [5, 5.41) is 11.6. The molecule has 1 aromatic rings. The lowest BCUT2D eigenvalue weighted by Crippen LogP contribution is -2.38. The van der Waals surface area contributed by atoms with Crippen molar-refractivity contribution in [3.05, 3.63) is 17.3 Å². The Morgan fingerprint density at radius 2 is 2.21 bits per heavy atom. The maximum atomic E-state index is 12.3. The van der Waals surface area contributed by atoms with Crippen molar-refractivity contribution in [1.82, 2.24) is 9.88 Å². The van der Waals surface area contributed by atoms with Crippen LogP contribution in [0.15, 0.2) is 9.57 Å². The lowest BCUT2D eigenvalue weighted by molar-refractivity contribution is 0.0719. The van der Waals surface area contributed by atoms with Crippen LogP contribution in [0.4, 0.5) is 0 Å². The number of rotatable bonds is 5. The fraction of sp³-hybridized carbons (Fsp3) is 0.583. The van der Waals surface area contributed by atoms with Gasteiger partial charge in [-0.1, -0.05) is 12.1 Å². The topological polar surface area (TPSA) is 105 Å². The van der Waals surface area contributed by atoms with Gasteiger partial charge in [-0.25, -0.2) is 4.98 Å². The molecular weight excluding hydrogens is 248 g/mol. The monoisotopic (exact) mass is 268 g/mol. The Balaban J connectivity index is 2.86. The number of aryl methyl sites for hydroxylation is 2. The fourth-order valence-electron chi connectivity index (χ4n) is 1.75. The smallest absolute Gasteiger partial charge is 0.291 e. The number of amidine groups is 1. The van der Waals surface area contributed by atoms with Gasteiger partial charge in [-0.05, 0) is 13.8 Å². The summed E-state index contributed by atoms with van der Waals surface area (Å²) >= 11 is 0. The van der Waals surface area contributed by atoms with Crippen LogP contribution in [0.5, 0.6) is 0 Å². The van der Waals surface area contributed by atoms with Crippen molar-refractivity contribution in [3.8, 4) is 0 Å². The highest BCUT2D eigenvalue weighted by Crippen LogP contribution is 2.13. The number of carbonyl (C=O) groups is 1. The van der Waals surface area contributed by atoms with E-state index in [-0.39, 0.29) is 23.4 Å². The average molecular weight is 268 g/mol. The van der Waals surface area contributed by atoms with Crippen LogP contribution in [0.1, 0.15) is 36.0 Å². The maximum Gasteiger partial charge on any atom is 0.291 e. The first-order valence-electron chi connectivity index (χ1n) is 6.11. The van der Waals surface area contributed by atoms with Crippen LogP contribution in [0.3, 0.4) is 0 Å². The van der Waals surface area contributed by atoms with E-state index < -0.39 is 0 Å². The minimum atomic E-state index is -0.238. The number of hydrogen-bond donors (Lipinski definition) is 2. The summed E-state index contributed by atoms with van der Waals surface area (Å²) in [6.07, 6.45) is 0. The van der Waals surface area contributed by atoms with E-state index in [0.29, 0.717) is 24.7 Å². The Kier molecular flexibility index (Phi) is 4.91. The molecule has 1 aromatic heterocycles. The quantitative estimate of drug-likeness (QED) is 0.360. The van der Waals surface area contributed by atoms with Crippen LogP contribution >= 0.6 is 0 Å². The van der Waals surface area contributed by atoms with Gasteiger partial charge in [-0.15, -0.1) is 0 Å². The van der Waals surface area contributed by atoms with Gasteiger partial charge in [0.1, 0.15) is 5.84 Å². The zero-order valence-corrected chi connectivity index (χ0v) is 11.7. The molecule has 1 rings (SSSR count). The van der Waals surface area contributed by atoms with E-state index >= 15 is 0 Å². The van der Waals surface area contributed by atoms with Gasteiger partial charge in [0.05, 0.1) is 5.69 Å². The number of aromatic nitrogens is 1. The molecule has 0 saturated carbocycles. The molecule has 0 aliphatic carbocycles. The predicted octanol–water partition coefficient (Wildman–Crippen LogP) is 1.14. The standard InChI is InChI=1S/C12H20N4O3/c1-5-16(6-7(2)11(13)15-18)12(17)10-8(3)14-9(4)19-10/h7,18H,5-6H2,1-4H3,(H2,13,15). The number of oxazole rings is 1. The van der Waals surface area contributed by atoms with Crippen molar-refractivity contribution in [2.24, 2.45) is 16.8 Å². The summed E-state index contributed by atoms with van der Waals surface area (Å²) in [4.78, 5) is 18.0. The van der Waals surface area contributed by atoms with E-state index in [9.17, 15) is 4.79 Å². The van der Waals surface area contributed by atoms with E-state index in [1.165, 1.54) is 0 Å². The van der Waals surface area contributed by atoms with Crippen LogP contribution in [-0.2, 0) is 0 Å². The van der Waals surface area contributed by atoms with Gasteiger partial charge in [-0.3, -0.25) is 4.79 Å². The van der Waals surface area contributed by atoms with E-state index in [4.69, 9.17) is 15.4 Å². The zero-order chi connectivity index (χ0) is 14.6. The molecule has 0 spiro atoms.